The summed E-state index contributed by atoms with van der Waals surface area (Å²) in [5.41, 5.74) is 0. The maximum absolute atomic E-state index is 11.9. The highest BCUT2D eigenvalue weighted by atomic mass is 16.2. The number of hydrogen-bond acceptors (Lipinski definition) is 2. The molecular weight excluding hydrogens is 202 g/mol. The van der Waals surface area contributed by atoms with Gasteiger partial charge in [-0.15, -0.1) is 0 Å². The Balaban J connectivity index is 2.65. The van der Waals surface area contributed by atoms with E-state index in [4.69, 9.17) is 0 Å². The van der Waals surface area contributed by atoms with E-state index in [0.717, 1.165) is 25.8 Å². The van der Waals surface area contributed by atoms with Gasteiger partial charge in [0.1, 0.15) is 0 Å². The Morgan fingerprint density at radius 1 is 1.44 bits per heavy atom. The first-order chi connectivity index (χ1) is 7.60. The molecule has 1 amide bonds. The Morgan fingerprint density at radius 2 is 2.12 bits per heavy atom. The van der Waals surface area contributed by atoms with Gasteiger partial charge in [0.25, 0.3) is 0 Å². The Bertz CT molecular complexity index is 263. The Labute approximate surface area is 98.2 Å². The third-order valence-corrected chi connectivity index (χ3v) is 3.72. The fourth-order valence-corrected chi connectivity index (χ4v) is 2.35. The Hall–Kier alpha value is -0.860. The molecule has 1 aliphatic rings. The van der Waals surface area contributed by atoms with Crippen LogP contribution in [0.25, 0.3) is 0 Å². The van der Waals surface area contributed by atoms with Crippen LogP contribution in [-0.2, 0) is 9.59 Å². The molecule has 1 fully saturated rings. The van der Waals surface area contributed by atoms with Crippen LogP contribution >= 0.6 is 0 Å². The maximum atomic E-state index is 11.9. The molecule has 0 aromatic carbocycles. The topological polar surface area (TPSA) is 37.4 Å². The van der Waals surface area contributed by atoms with Crippen LogP contribution in [0.1, 0.15) is 52.9 Å². The smallest absolute Gasteiger partial charge is 0.223 e. The molecule has 92 valence electrons. The number of hydrogen-bond donors (Lipinski definition) is 0. The standard InChI is InChI=1S/C13H23NO2/c1-4-11-6-7-13(16)14(9-8-11)10(3)12(15)5-2/h10-11H,4-9H2,1-3H3. The van der Waals surface area contributed by atoms with Crippen LogP contribution in [0.5, 0.6) is 0 Å². The summed E-state index contributed by atoms with van der Waals surface area (Å²) in [6.07, 6.45) is 4.29. The van der Waals surface area contributed by atoms with Crippen LogP contribution < -0.4 is 0 Å². The molecule has 0 aromatic rings. The number of amides is 1. The minimum absolute atomic E-state index is 0.158. The van der Waals surface area contributed by atoms with Crippen LogP contribution in [0.3, 0.4) is 0 Å². The summed E-state index contributed by atoms with van der Waals surface area (Å²) < 4.78 is 0. The lowest BCUT2D eigenvalue weighted by molar-refractivity contribution is -0.138. The van der Waals surface area contributed by atoms with Crippen molar-refractivity contribution < 1.29 is 9.59 Å². The van der Waals surface area contributed by atoms with Crippen molar-refractivity contribution in [3.8, 4) is 0 Å². The van der Waals surface area contributed by atoms with Gasteiger partial charge in [0, 0.05) is 19.4 Å². The van der Waals surface area contributed by atoms with E-state index in [1.165, 1.54) is 0 Å². The van der Waals surface area contributed by atoms with Crippen LogP contribution in [0.15, 0.2) is 0 Å². The van der Waals surface area contributed by atoms with Gasteiger partial charge in [-0.05, 0) is 25.7 Å². The van der Waals surface area contributed by atoms with E-state index in [2.05, 4.69) is 6.92 Å². The maximum Gasteiger partial charge on any atom is 0.223 e. The molecular formula is C13H23NO2. The lowest BCUT2D eigenvalue weighted by atomic mass is 9.98. The summed E-state index contributed by atoms with van der Waals surface area (Å²) in [4.78, 5) is 25.3. The monoisotopic (exact) mass is 225 g/mol. The second kappa shape index (κ2) is 6.02. The molecule has 3 nitrogen and oxygen atoms in total. The van der Waals surface area contributed by atoms with Crippen molar-refractivity contribution in [2.75, 3.05) is 6.54 Å². The molecule has 2 unspecified atom stereocenters. The summed E-state index contributed by atoms with van der Waals surface area (Å²) in [5.74, 6) is 0.978. The van der Waals surface area contributed by atoms with Gasteiger partial charge in [-0.3, -0.25) is 9.59 Å². The summed E-state index contributed by atoms with van der Waals surface area (Å²) in [7, 11) is 0. The molecule has 3 heteroatoms. The highest BCUT2D eigenvalue weighted by Crippen LogP contribution is 2.22. The van der Waals surface area contributed by atoms with Gasteiger partial charge in [-0.25, -0.2) is 0 Å². The largest absolute Gasteiger partial charge is 0.333 e. The van der Waals surface area contributed by atoms with E-state index >= 15 is 0 Å². The summed E-state index contributed by atoms with van der Waals surface area (Å²) in [6.45, 7) is 6.64. The van der Waals surface area contributed by atoms with Crippen molar-refractivity contribution >= 4 is 11.7 Å². The zero-order valence-corrected chi connectivity index (χ0v) is 10.7. The van der Waals surface area contributed by atoms with Gasteiger partial charge in [-0.1, -0.05) is 20.3 Å². The predicted octanol–water partition coefficient (Wildman–Crippen LogP) is 2.39. The lowest BCUT2D eigenvalue weighted by Crippen LogP contribution is -2.42. The van der Waals surface area contributed by atoms with Crippen LogP contribution in [0, 0.1) is 5.92 Å². The van der Waals surface area contributed by atoms with E-state index in [0.29, 0.717) is 18.8 Å². The second-order valence-corrected chi connectivity index (χ2v) is 4.68. The molecule has 1 heterocycles. The van der Waals surface area contributed by atoms with Gasteiger partial charge < -0.3 is 4.90 Å². The van der Waals surface area contributed by atoms with Crippen molar-refractivity contribution in [3.05, 3.63) is 0 Å². The highest BCUT2D eigenvalue weighted by molar-refractivity contribution is 5.88. The van der Waals surface area contributed by atoms with Crippen molar-refractivity contribution in [2.24, 2.45) is 5.92 Å². The number of nitrogens with zero attached hydrogens (tertiary/aromatic N) is 1. The molecule has 0 aromatic heterocycles. The van der Waals surface area contributed by atoms with Gasteiger partial charge in [-0.2, -0.15) is 0 Å². The van der Waals surface area contributed by atoms with E-state index in [9.17, 15) is 9.59 Å². The fourth-order valence-electron chi connectivity index (χ4n) is 2.35. The highest BCUT2D eigenvalue weighted by Gasteiger charge is 2.27. The van der Waals surface area contributed by atoms with Crippen LogP contribution in [0.2, 0.25) is 0 Å². The average molecular weight is 225 g/mol. The summed E-state index contributed by atoms with van der Waals surface area (Å²) in [5, 5.41) is 0. The van der Waals surface area contributed by atoms with Crippen LogP contribution in [-0.4, -0.2) is 29.2 Å². The Morgan fingerprint density at radius 3 is 2.69 bits per heavy atom. The molecule has 0 radical (unpaired) electrons. The van der Waals surface area contributed by atoms with Gasteiger partial charge >= 0.3 is 0 Å². The first-order valence-electron chi connectivity index (χ1n) is 6.42. The molecule has 0 spiro atoms. The Kier molecular flexibility index (Phi) is 4.97. The number of carbonyl (C=O) groups is 2. The second-order valence-electron chi connectivity index (χ2n) is 4.68. The third kappa shape index (κ3) is 3.06. The molecule has 0 bridgehead atoms. The van der Waals surface area contributed by atoms with Gasteiger partial charge in [0.15, 0.2) is 5.78 Å². The van der Waals surface area contributed by atoms with Crippen LogP contribution in [0.4, 0.5) is 0 Å². The molecule has 1 rings (SSSR count). The zero-order valence-electron chi connectivity index (χ0n) is 10.7. The zero-order chi connectivity index (χ0) is 12.1. The number of Topliss-reactive ketones (excluding diaryl/α,β-unsaturated/α-hetero) is 1. The number of carbonyl (C=O) groups excluding carboxylic acids is 2. The average Bonchev–Trinajstić information content (AvgIpc) is 2.49. The fraction of sp³-hybridized carbons (Fsp3) is 0.846. The van der Waals surface area contributed by atoms with Crippen molar-refractivity contribution in [2.45, 2.75) is 58.9 Å². The third-order valence-electron chi connectivity index (χ3n) is 3.72. The molecule has 1 aliphatic heterocycles. The number of likely N-dealkylation sites (tertiary alicyclic amines) is 1. The van der Waals surface area contributed by atoms with Gasteiger partial charge in [0.05, 0.1) is 6.04 Å². The van der Waals surface area contributed by atoms with Crippen molar-refractivity contribution in [1.82, 2.24) is 4.90 Å². The molecule has 0 N–H and O–H groups in total. The molecule has 2 atom stereocenters. The molecule has 16 heavy (non-hydrogen) atoms. The quantitative estimate of drug-likeness (QED) is 0.736. The van der Waals surface area contributed by atoms with Crippen molar-refractivity contribution in [1.29, 1.82) is 0 Å². The first-order valence-corrected chi connectivity index (χ1v) is 6.42. The van der Waals surface area contributed by atoms with Crippen molar-refractivity contribution in [3.63, 3.8) is 0 Å². The molecule has 0 saturated carbocycles. The minimum atomic E-state index is -0.229. The predicted molar refractivity (Wildman–Crippen MR) is 64.1 cm³/mol. The summed E-state index contributed by atoms with van der Waals surface area (Å²) in [6, 6.07) is -0.229. The summed E-state index contributed by atoms with van der Waals surface area (Å²) >= 11 is 0. The van der Waals surface area contributed by atoms with E-state index < -0.39 is 0 Å². The molecule has 1 saturated heterocycles. The lowest BCUT2D eigenvalue weighted by Gasteiger charge is -2.26. The first kappa shape index (κ1) is 13.2. The minimum Gasteiger partial charge on any atom is -0.333 e. The van der Waals surface area contributed by atoms with Gasteiger partial charge in [0.2, 0.25) is 5.91 Å². The SMILES string of the molecule is CCC(=O)C(C)N1CCC(CC)CCC1=O. The normalized spacial score (nSPS) is 24.1. The number of ketones is 1. The van der Waals surface area contributed by atoms with E-state index in [-0.39, 0.29) is 17.7 Å². The van der Waals surface area contributed by atoms with E-state index in [1.807, 2.05) is 13.8 Å². The number of rotatable bonds is 4. The molecule has 0 aliphatic carbocycles. The van der Waals surface area contributed by atoms with E-state index in [1.54, 1.807) is 4.90 Å².